The van der Waals surface area contributed by atoms with Crippen LogP contribution in [0.4, 0.5) is 0 Å². The van der Waals surface area contributed by atoms with Gasteiger partial charge in [-0.1, -0.05) is 30.3 Å². The molecule has 0 bridgehead atoms. The van der Waals surface area contributed by atoms with Crippen molar-refractivity contribution in [1.82, 2.24) is 4.90 Å². The number of carbonyl (C=O) groups excluding carboxylic acids is 1. The summed E-state index contributed by atoms with van der Waals surface area (Å²) in [4.78, 5) is 13.9. The standard InChI is InChI=1S/C14H18ClNO2/c1-14(18)8-5-9-16(10-14)13(17)12(15)11-6-3-2-4-7-11/h2-4,6-7,12,18H,5,8-10H2,1H3. The Morgan fingerprint density at radius 3 is 2.72 bits per heavy atom. The molecule has 1 fully saturated rings. The number of halogens is 1. The van der Waals surface area contributed by atoms with Crippen LogP contribution >= 0.6 is 11.6 Å². The van der Waals surface area contributed by atoms with E-state index < -0.39 is 11.0 Å². The van der Waals surface area contributed by atoms with Gasteiger partial charge in [-0.05, 0) is 25.3 Å². The van der Waals surface area contributed by atoms with Crippen molar-refractivity contribution in [2.75, 3.05) is 13.1 Å². The highest BCUT2D eigenvalue weighted by Crippen LogP contribution is 2.27. The fourth-order valence-corrected chi connectivity index (χ4v) is 2.62. The number of amides is 1. The van der Waals surface area contributed by atoms with Crippen LogP contribution in [0.5, 0.6) is 0 Å². The Morgan fingerprint density at radius 1 is 1.44 bits per heavy atom. The van der Waals surface area contributed by atoms with Crippen LogP contribution in [0.3, 0.4) is 0 Å². The van der Waals surface area contributed by atoms with Gasteiger partial charge in [0.2, 0.25) is 5.91 Å². The lowest BCUT2D eigenvalue weighted by Crippen LogP contribution is -2.49. The summed E-state index contributed by atoms with van der Waals surface area (Å²) in [5, 5.41) is 9.34. The fraction of sp³-hybridized carbons (Fsp3) is 0.500. The summed E-state index contributed by atoms with van der Waals surface area (Å²) in [7, 11) is 0. The number of carbonyl (C=O) groups is 1. The molecule has 1 amide bonds. The molecule has 1 aromatic rings. The highest BCUT2D eigenvalue weighted by Gasteiger charge is 2.33. The number of piperidine rings is 1. The van der Waals surface area contributed by atoms with Gasteiger partial charge in [0.15, 0.2) is 0 Å². The molecule has 98 valence electrons. The zero-order valence-corrected chi connectivity index (χ0v) is 11.2. The van der Waals surface area contributed by atoms with Gasteiger partial charge >= 0.3 is 0 Å². The summed E-state index contributed by atoms with van der Waals surface area (Å²) in [5.74, 6) is -0.122. The van der Waals surface area contributed by atoms with E-state index in [1.54, 1.807) is 11.8 Å². The number of hydrogen-bond acceptors (Lipinski definition) is 2. The topological polar surface area (TPSA) is 40.5 Å². The first kappa shape index (κ1) is 13.4. The maximum absolute atomic E-state index is 12.3. The van der Waals surface area contributed by atoms with E-state index in [9.17, 15) is 9.90 Å². The van der Waals surface area contributed by atoms with Gasteiger partial charge in [-0.3, -0.25) is 4.79 Å². The Balaban J connectivity index is 2.07. The highest BCUT2D eigenvalue weighted by molar-refractivity contribution is 6.30. The third-order valence-corrected chi connectivity index (χ3v) is 3.73. The van der Waals surface area contributed by atoms with E-state index in [0.29, 0.717) is 13.1 Å². The van der Waals surface area contributed by atoms with Gasteiger partial charge in [0.25, 0.3) is 0 Å². The molecule has 0 aromatic heterocycles. The van der Waals surface area contributed by atoms with Crippen molar-refractivity contribution in [2.24, 2.45) is 0 Å². The first-order valence-corrected chi connectivity index (χ1v) is 6.63. The van der Waals surface area contributed by atoms with Crippen molar-refractivity contribution in [3.8, 4) is 0 Å². The molecule has 0 radical (unpaired) electrons. The second-order valence-electron chi connectivity index (χ2n) is 5.13. The number of benzene rings is 1. The number of alkyl halides is 1. The largest absolute Gasteiger partial charge is 0.388 e. The molecule has 1 N–H and O–H groups in total. The molecule has 0 saturated carbocycles. The molecule has 1 heterocycles. The molecular weight excluding hydrogens is 250 g/mol. The third-order valence-electron chi connectivity index (χ3n) is 3.30. The van der Waals surface area contributed by atoms with Crippen LogP contribution in [0.2, 0.25) is 0 Å². The van der Waals surface area contributed by atoms with Gasteiger partial charge in [-0.15, -0.1) is 11.6 Å². The summed E-state index contributed by atoms with van der Waals surface area (Å²) in [6.07, 6.45) is 1.55. The molecule has 0 spiro atoms. The Hall–Kier alpha value is -1.06. The molecule has 2 unspecified atom stereocenters. The quantitative estimate of drug-likeness (QED) is 0.836. The van der Waals surface area contributed by atoms with Crippen molar-refractivity contribution in [3.63, 3.8) is 0 Å². The zero-order chi connectivity index (χ0) is 13.2. The Morgan fingerprint density at radius 2 is 2.11 bits per heavy atom. The lowest BCUT2D eigenvalue weighted by molar-refractivity contribution is -0.137. The van der Waals surface area contributed by atoms with Gasteiger partial charge < -0.3 is 10.0 Å². The monoisotopic (exact) mass is 267 g/mol. The van der Waals surface area contributed by atoms with E-state index in [-0.39, 0.29) is 5.91 Å². The van der Waals surface area contributed by atoms with E-state index >= 15 is 0 Å². The Bertz CT molecular complexity index is 419. The van der Waals surface area contributed by atoms with Crippen molar-refractivity contribution in [2.45, 2.75) is 30.7 Å². The smallest absolute Gasteiger partial charge is 0.245 e. The minimum Gasteiger partial charge on any atom is -0.388 e. The molecule has 4 heteroatoms. The number of β-amino-alcohol motifs (C(OH)–C–C–N with tert-alkyl or cyclic N) is 1. The van der Waals surface area contributed by atoms with Gasteiger partial charge in [-0.25, -0.2) is 0 Å². The van der Waals surface area contributed by atoms with Gasteiger partial charge in [0.1, 0.15) is 5.38 Å². The van der Waals surface area contributed by atoms with Crippen LogP contribution in [0.1, 0.15) is 30.7 Å². The highest BCUT2D eigenvalue weighted by atomic mass is 35.5. The second-order valence-corrected chi connectivity index (χ2v) is 5.57. The second kappa shape index (κ2) is 5.29. The van der Waals surface area contributed by atoms with Crippen LogP contribution in [0.25, 0.3) is 0 Å². The average Bonchev–Trinajstić information content (AvgIpc) is 2.37. The Labute approximate surface area is 112 Å². The third kappa shape index (κ3) is 3.03. The molecule has 1 aliphatic rings. The van der Waals surface area contributed by atoms with E-state index in [2.05, 4.69) is 0 Å². The first-order chi connectivity index (χ1) is 8.49. The number of hydrogen-bond donors (Lipinski definition) is 1. The summed E-state index contributed by atoms with van der Waals surface area (Å²) in [6, 6.07) is 9.31. The van der Waals surface area contributed by atoms with Crippen molar-refractivity contribution < 1.29 is 9.90 Å². The minimum atomic E-state index is -0.790. The summed E-state index contributed by atoms with van der Waals surface area (Å²) < 4.78 is 0. The van der Waals surface area contributed by atoms with Gasteiger partial charge in [0, 0.05) is 13.1 Å². The summed E-state index contributed by atoms with van der Waals surface area (Å²) >= 11 is 6.21. The van der Waals surface area contributed by atoms with Crippen LogP contribution in [-0.4, -0.2) is 34.6 Å². The predicted octanol–water partition coefficient (Wildman–Crippen LogP) is 2.34. The molecule has 3 nitrogen and oxygen atoms in total. The van der Waals surface area contributed by atoms with Crippen molar-refractivity contribution in [3.05, 3.63) is 35.9 Å². The fourth-order valence-electron chi connectivity index (χ4n) is 2.33. The maximum Gasteiger partial charge on any atom is 0.245 e. The number of likely N-dealkylation sites (tertiary alicyclic amines) is 1. The van der Waals surface area contributed by atoms with E-state index in [1.807, 2.05) is 30.3 Å². The summed E-state index contributed by atoms with van der Waals surface area (Å²) in [6.45, 7) is 2.80. The number of nitrogens with zero attached hydrogens (tertiary/aromatic N) is 1. The van der Waals surface area contributed by atoms with Crippen LogP contribution < -0.4 is 0 Å². The molecule has 1 aromatic carbocycles. The van der Waals surface area contributed by atoms with E-state index in [0.717, 1.165) is 18.4 Å². The van der Waals surface area contributed by atoms with Crippen molar-refractivity contribution in [1.29, 1.82) is 0 Å². The molecular formula is C14H18ClNO2. The van der Waals surface area contributed by atoms with Gasteiger partial charge in [-0.2, -0.15) is 0 Å². The Kier molecular flexibility index (Phi) is 3.93. The van der Waals surface area contributed by atoms with Crippen LogP contribution in [-0.2, 0) is 4.79 Å². The van der Waals surface area contributed by atoms with Gasteiger partial charge in [0.05, 0.1) is 5.60 Å². The number of rotatable bonds is 2. The zero-order valence-electron chi connectivity index (χ0n) is 10.5. The minimum absolute atomic E-state index is 0.122. The molecule has 2 rings (SSSR count). The molecule has 0 aliphatic carbocycles. The molecule has 1 aliphatic heterocycles. The summed E-state index contributed by atoms with van der Waals surface area (Å²) in [5.41, 5.74) is 0.00989. The molecule has 2 atom stereocenters. The molecule has 1 saturated heterocycles. The normalized spacial score (nSPS) is 25.8. The predicted molar refractivity (Wildman–Crippen MR) is 71.5 cm³/mol. The lowest BCUT2D eigenvalue weighted by atomic mass is 9.94. The van der Waals surface area contributed by atoms with E-state index in [1.165, 1.54) is 0 Å². The van der Waals surface area contributed by atoms with Crippen molar-refractivity contribution >= 4 is 17.5 Å². The van der Waals surface area contributed by atoms with Crippen LogP contribution in [0.15, 0.2) is 30.3 Å². The SMILES string of the molecule is CC1(O)CCCN(C(=O)C(Cl)c2ccccc2)C1. The first-order valence-electron chi connectivity index (χ1n) is 6.20. The molecule has 18 heavy (non-hydrogen) atoms. The maximum atomic E-state index is 12.3. The number of aliphatic hydroxyl groups is 1. The van der Waals surface area contributed by atoms with E-state index in [4.69, 9.17) is 11.6 Å². The van der Waals surface area contributed by atoms with Crippen LogP contribution in [0, 0.1) is 0 Å². The average molecular weight is 268 g/mol. The lowest BCUT2D eigenvalue weighted by Gasteiger charge is -2.37.